The van der Waals surface area contributed by atoms with Crippen molar-refractivity contribution in [2.24, 2.45) is 0 Å². The van der Waals surface area contributed by atoms with Gasteiger partial charge in [0, 0.05) is 30.9 Å². The van der Waals surface area contributed by atoms with Gasteiger partial charge in [0.1, 0.15) is 5.82 Å². The molecule has 2 aromatic heterocycles. The minimum absolute atomic E-state index is 0.0816. The Kier molecular flexibility index (Phi) is 3.73. The van der Waals surface area contributed by atoms with Gasteiger partial charge in [-0.15, -0.1) is 0 Å². The van der Waals surface area contributed by atoms with E-state index < -0.39 is 12.0 Å². The highest BCUT2D eigenvalue weighted by Crippen LogP contribution is 2.30. The van der Waals surface area contributed by atoms with E-state index in [-0.39, 0.29) is 11.5 Å². The molecule has 106 valence electrons. The SMILES string of the molecule is CNc1cc(-c2ccnc(OC)c2)nc(C(F)(F)F)n1. The molecule has 2 rings (SSSR count). The molecule has 0 unspecified atom stereocenters. The summed E-state index contributed by atoms with van der Waals surface area (Å²) in [5, 5.41) is 2.58. The highest BCUT2D eigenvalue weighted by molar-refractivity contribution is 5.63. The van der Waals surface area contributed by atoms with E-state index >= 15 is 0 Å². The molecule has 0 saturated heterocycles. The molecule has 0 bridgehead atoms. The van der Waals surface area contributed by atoms with Gasteiger partial charge in [-0.2, -0.15) is 13.2 Å². The first kappa shape index (κ1) is 14.0. The highest BCUT2D eigenvalue weighted by atomic mass is 19.4. The molecule has 2 aromatic rings. The first-order valence-corrected chi connectivity index (χ1v) is 5.58. The molecule has 0 aliphatic rings. The van der Waals surface area contributed by atoms with Gasteiger partial charge >= 0.3 is 6.18 Å². The molecule has 0 aromatic carbocycles. The number of halogens is 3. The standard InChI is InChI=1S/C12H11F3N4O/c1-16-9-6-8(18-11(19-9)12(13,14)15)7-3-4-17-10(5-7)20-2/h3-6H,1-2H3,(H,16,18,19). The Bertz CT molecular complexity index is 616. The zero-order valence-corrected chi connectivity index (χ0v) is 10.7. The van der Waals surface area contributed by atoms with Gasteiger partial charge < -0.3 is 10.1 Å². The van der Waals surface area contributed by atoms with Crippen molar-refractivity contribution >= 4 is 5.82 Å². The van der Waals surface area contributed by atoms with Gasteiger partial charge in [0.05, 0.1) is 12.8 Å². The van der Waals surface area contributed by atoms with Crippen molar-refractivity contribution in [2.45, 2.75) is 6.18 Å². The number of rotatable bonds is 3. The second-order valence-corrected chi connectivity index (χ2v) is 3.80. The summed E-state index contributed by atoms with van der Waals surface area (Å²) in [6, 6.07) is 4.47. The van der Waals surface area contributed by atoms with Crippen LogP contribution in [0.4, 0.5) is 19.0 Å². The van der Waals surface area contributed by atoms with Crippen LogP contribution >= 0.6 is 0 Å². The van der Waals surface area contributed by atoms with Crippen molar-refractivity contribution in [1.82, 2.24) is 15.0 Å². The van der Waals surface area contributed by atoms with Gasteiger partial charge in [0.2, 0.25) is 11.7 Å². The Balaban J connectivity index is 2.55. The summed E-state index contributed by atoms with van der Waals surface area (Å²) in [5.74, 6) is -0.825. The van der Waals surface area contributed by atoms with Gasteiger partial charge in [-0.1, -0.05) is 0 Å². The van der Waals surface area contributed by atoms with E-state index in [0.29, 0.717) is 11.4 Å². The third kappa shape index (κ3) is 2.95. The number of ether oxygens (including phenoxy) is 1. The number of hydrogen-bond acceptors (Lipinski definition) is 5. The van der Waals surface area contributed by atoms with Crippen molar-refractivity contribution in [1.29, 1.82) is 0 Å². The molecule has 0 saturated carbocycles. The van der Waals surface area contributed by atoms with Crippen molar-refractivity contribution in [3.63, 3.8) is 0 Å². The van der Waals surface area contributed by atoms with Crippen LogP contribution in [-0.2, 0) is 6.18 Å². The number of methoxy groups -OCH3 is 1. The van der Waals surface area contributed by atoms with Crippen LogP contribution in [0.15, 0.2) is 24.4 Å². The smallest absolute Gasteiger partial charge is 0.451 e. The van der Waals surface area contributed by atoms with Crippen molar-refractivity contribution in [2.75, 3.05) is 19.5 Å². The number of pyridine rings is 1. The molecule has 5 nitrogen and oxygen atoms in total. The van der Waals surface area contributed by atoms with Gasteiger partial charge in [0.15, 0.2) is 0 Å². The quantitative estimate of drug-likeness (QED) is 0.938. The Morgan fingerprint density at radius 3 is 2.55 bits per heavy atom. The van der Waals surface area contributed by atoms with Crippen molar-refractivity contribution in [3.05, 3.63) is 30.2 Å². The largest absolute Gasteiger partial charge is 0.481 e. The number of nitrogens with one attached hydrogen (secondary N) is 1. The lowest BCUT2D eigenvalue weighted by molar-refractivity contribution is -0.144. The van der Waals surface area contributed by atoms with Crippen LogP contribution < -0.4 is 10.1 Å². The third-order valence-corrected chi connectivity index (χ3v) is 2.48. The zero-order chi connectivity index (χ0) is 14.8. The van der Waals surface area contributed by atoms with Crippen molar-refractivity contribution < 1.29 is 17.9 Å². The minimum Gasteiger partial charge on any atom is -0.481 e. The second-order valence-electron chi connectivity index (χ2n) is 3.80. The van der Waals surface area contributed by atoms with E-state index in [1.807, 2.05) is 0 Å². The topological polar surface area (TPSA) is 59.9 Å². The zero-order valence-electron chi connectivity index (χ0n) is 10.7. The normalized spacial score (nSPS) is 11.2. The van der Waals surface area contributed by atoms with Gasteiger partial charge in [-0.3, -0.25) is 0 Å². The van der Waals surface area contributed by atoms with E-state index in [1.54, 1.807) is 6.07 Å². The molecule has 0 fully saturated rings. The van der Waals surface area contributed by atoms with Gasteiger partial charge in [0.25, 0.3) is 0 Å². The summed E-state index contributed by atoms with van der Waals surface area (Å²) in [5.41, 5.74) is 0.596. The van der Waals surface area contributed by atoms with Crippen LogP contribution in [0.3, 0.4) is 0 Å². The summed E-state index contributed by atoms with van der Waals surface area (Å²) in [4.78, 5) is 10.8. The Morgan fingerprint density at radius 1 is 1.20 bits per heavy atom. The highest BCUT2D eigenvalue weighted by Gasteiger charge is 2.35. The maximum atomic E-state index is 12.8. The monoisotopic (exact) mass is 284 g/mol. The molecular formula is C12H11F3N4O. The number of anilines is 1. The summed E-state index contributed by atoms with van der Waals surface area (Å²) in [6.45, 7) is 0. The molecule has 0 aliphatic heterocycles. The fourth-order valence-electron chi connectivity index (χ4n) is 1.53. The summed E-state index contributed by atoms with van der Waals surface area (Å²) in [7, 11) is 2.91. The van der Waals surface area contributed by atoms with Crippen LogP contribution in [0.25, 0.3) is 11.3 Å². The van der Waals surface area contributed by atoms with Crippen LogP contribution in [-0.4, -0.2) is 29.1 Å². The van der Waals surface area contributed by atoms with Gasteiger partial charge in [-0.25, -0.2) is 15.0 Å². The van der Waals surface area contributed by atoms with E-state index in [0.717, 1.165) is 0 Å². The average molecular weight is 284 g/mol. The first-order chi connectivity index (χ1) is 9.44. The van der Waals surface area contributed by atoms with E-state index in [4.69, 9.17) is 4.74 Å². The lowest BCUT2D eigenvalue weighted by Gasteiger charge is -2.10. The summed E-state index contributed by atoms with van der Waals surface area (Å²) in [6.07, 6.45) is -3.18. The predicted molar refractivity (Wildman–Crippen MR) is 66.4 cm³/mol. The summed E-state index contributed by atoms with van der Waals surface area (Å²) >= 11 is 0. The fraction of sp³-hybridized carbons (Fsp3) is 0.250. The van der Waals surface area contributed by atoms with Crippen LogP contribution in [0.2, 0.25) is 0 Å². The number of nitrogens with zero attached hydrogens (tertiary/aromatic N) is 3. The Labute approximate surface area is 112 Å². The first-order valence-electron chi connectivity index (χ1n) is 5.58. The molecule has 0 amide bonds. The van der Waals surface area contributed by atoms with Crippen LogP contribution in [0.1, 0.15) is 5.82 Å². The molecule has 8 heteroatoms. The van der Waals surface area contributed by atoms with E-state index in [2.05, 4.69) is 20.3 Å². The molecule has 2 heterocycles. The lowest BCUT2D eigenvalue weighted by Crippen LogP contribution is -2.13. The average Bonchev–Trinajstić information content (AvgIpc) is 2.46. The maximum Gasteiger partial charge on any atom is 0.451 e. The Hall–Kier alpha value is -2.38. The molecule has 0 atom stereocenters. The molecule has 20 heavy (non-hydrogen) atoms. The van der Waals surface area contributed by atoms with Gasteiger partial charge in [-0.05, 0) is 6.07 Å². The van der Waals surface area contributed by atoms with E-state index in [1.165, 1.54) is 32.5 Å². The van der Waals surface area contributed by atoms with Crippen LogP contribution in [0.5, 0.6) is 5.88 Å². The van der Waals surface area contributed by atoms with E-state index in [9.17, 15) is 13.2 Å². The number of hydrogen-bond donors (Lipinski definition) is 1. The van der Waals surface area contributed by atoms with Crippen molar-refractivity contribution in [3.8, 4) is 17.1 Å². The summed E-state index contributed by atoms with van der Waals surface area (Å²) < 4.78 is 43.2. The molecule has 0 spiro atoms. The maximum absolute atomic E-state index is 12.8. The van der Waals surface area contributed by atoms with Crippen LogP contribution in [0, 0.1) is 0 Å². The molecule has 1 N–H and O–H groups in total. The lowest BCUT2D eigenvalue weighted by atomic mass is 10.2. The minimum atomic E-state index is -4.61. The fourth-order valence-corrected chi connectivity index (χ4v) is 1.53. The predicted octanol–water partition coefficient (Wildman–Crippen LogP) is 2.61. The second kappa shape index (κ2) is 5.32. The number of aromatic nitrogens is 3. The Morgan fingerprint density at radius 2 is 1.95 bits per heavy atom. The third-order valence-electron chi connectivity index (χ3n) is 2.48. The molecule has 0 radical (unpaired) electrons. The molecular weight excluding hydrogens is 273 g/mol. The number of alkyl halides is 3. The molecule has 0 aliphatic carbocycles.